The van der Waals surface area contributed by atoms with E-state index in [0.29, 0.717) is 30.5 Å². The van der Waals surface area contributed by atoms with Crippen LogP contribution in [0.3, 0.4) is 0 Å². The van der Waals surface area contributed by atoms with Crippen molar-refractivity contribution in [3.05, 3.63) is 54.6 Å². The molecule has 7 nitrogen and oxygen atoms in total. The topological polar surface area (TPSA) is 106 Å². The molecule has 24 heavy (non-hydrogen) atoms. The molecule has 0 radical (unpaired) electrons. The van der Waals surface area contributed by atoms with E-state index >= 15 is 0 Å². The van der Waals surface area contributed by atoms with Crippen LogP contribution >= 0.6 is 0 Å². The lowest BCUT2D eigenvalue weighted by Gasteiger charge is -2.08. The predicted molar refractivity (Wildman–Crippen MR) is 97.0 cm³/mol. The fourth-order valence-corrected chi connectivity index (χ4v) is 2.44. The molecule has 0 aliphatic heterocycles. The molecule has 0 atom stereocenters. The molecule has 0 amide bonds. The summed E-state index contributed by atoms with van der Waals surface area (Å²) in [5.74, 6) is 0.941. The minimum atomic E-state index is -3.28. The van der Waals surface area contributed by atoms with Crippen molar-refractivity contribution >= 4 is 27.4 Å². The van der Waals surface area contributed by atoms with Crippen LogP contribution in [-0.4, -0.2) is 33.8 Å². The van der Waals surface area contributed by atoms with E-state index in [1.54, 1.807) is 24.3 Å². The Bertz CT molecular complexity index is 775. The minimum Gasteiger partial charge on any atom is -0.492 e. The zero-order valence-corrected chi connectivity index (χ0v) is 14.1. The summed E-state index contributed by atoms with van der Waals surface area (Å²) in [6.07, 6.45) is 1.10. The number of sulfonamides is 1. The van der Waals surface area contributed by atoms with Crippen molar-refractivity contribution in [3.8, 4) is 5.75 Å². The third kappa shape index (κ3) is 6.57. The molecule has 2 aromatic carbocycles. The van der Waals surface area contributed by atoms with Gasteiger partial charge in [0.1, 0.15) is 12.4 Å². The second-order valence-corrected chi connectivity index (χ2v) is 6.75. The molecule has 0 fully saturated rings. The first-order chi connectivity index (χ1) is 11.4. The van der Waals surface area contributed by atoms with Gasteiger partial charge in [0.2, 0.25) is 10.0 Å². The van der Waals surface area contributed by atoms with Gasteiger partial charge in [0.15, 0.2) is 5.96 Å². The first kappa shape index (κ1) is 17.6. The Kier molecular flexibility index (Phi) is 6.02. The highest BCUT2D eigenvalue weighted by Gasteiger charge is 2.01. The second-order valence-electron chi connectivity index (χ2n) is 5.01. The van der Waals surface area contributed by atoms with Crippen LogP contribution in [0, 0.1) is 0 Å². The number of hydrogen-bond donors (Lipinski definition) is 3. The van der Waals surface area contributed by atoms with Gasteiger partial charge in [0, 0.05) is 11.4 Å². The van der Waals surface area contributed by atoms with E-state index in [4.69, 9.17) is 10.5 Å². The average molecular weight is 348 g/mol. The van der Waals surface area contributed by atoms with Gasteiger partial charge in [0.05, 0.1) is 12.8 Å². The summed E-state index contributed by atoms with van der Waals surface area (Å²) in [5, 5.41) is 2.98. The van der Waals surface area contributed by atoms with E-state index in [0.717, 1.165) is 11.9 Å². The highest BCUT2D eigenvalue weighted by atomic mass is 32.2. The number of nitrogens with zero attached hydrogens (tertiary/aromatic N) is 1. The normalized spacial score (nSPS) is 11.8. The molecule has 0 unspecified atom stereocenters. The van der Waals surface area contributed by atoms with Crippen molar-refractivity contribution in [2.45, 2.75) is 0 Å². The van der Waals surface area contributed by atoms with E-state index in [1.165, 1.54) is 0 Å². The van der Waals surface area contributed by atoms with E-state index in [2.05, 4.69) is 15.0 Å². The molecule has 2 rings (SSSR count). The smallest absolute Gasteiger partial charge is 0.229 e. The molecule has 0 aromatic heterocycles. The molecule has 0 heterocycles. The standard InChI is InChI=1S/C16H20N4O3S/c1-24(21,22)20-14-7-9-15(10-8-14)23-12-11-18-16(17)19-13-5-3-2-4-6-13/h2-10,20H,11-12H2,1H3,(H3,17,18,19). The Morgan fingerprint density at radius 2 is 1.75 bits per heavy atom. The lowest BCUT2D eigenvalue weighted by molar-refractivity contribution is 0.329. The molecule has 0 spiro atoms. The summed E-state index contributed by atoms with van der Waals surface area (Å²) in [4.78, 5) is 4.17. The van der Waals surface area contributed by atoms with Gasteiger partial charge >= 0.3 is 0 Å². The number of rotatable bonds is 7. The van der Waals surface area contributed by atoms with Crippen LogP contribution in [0.15, 0.2) is 59.6 Å². The fourth-order valence-electron chi connectivity index (χ4n) is 1.87. The monoisotopic (exact) mass is 348 g/mol. The van der Waals surface area contributed by atoms with Crippen LogP contribution in [0.1, 0.15) is 0 Å². The van der Waals surface area contributed by atoms with Crippen LogP contribution in [0.4, 0.5) is 11.4 Å². The lowest BCUT2D eigenvalue weighted by atomic mass is 10.3. The largest absolute Gasteiger partial charge is 0.492 e. The highest BCUT2D eigenvalue weighted by Crippen LogP contribution is 2.16. The van der Waals surface area contributed by atoms with Gasteiger partial charge in [-0.05, 0) is 36.4 Å². The molecule has 128 valence electrons. The minimum absolute atomic E-state index is 0.317. The number of anilines is 2. The van der Waals surface area contributed by atoms with E-state index in [9.17, 15) is 8.42 Å². The maximum atomic E-state index is 11.1. The number of hydrogen-bond acceptors (Lipinski definition) is 4. The van der Waals surface area contributed by atoms with Gasteiger partial charge < -0.3 is 15.8 Å². The Labute approximate surface area is 141 Å². The summed E-state index contributed by atoms with van der Waals surface area (Å²) >= 11 is 0. The van der Waals surface area contributed by atoms with Gasteiger partial charge in [-0.15, -0.1) is 0 Å². The third-order valence-corrected chi connectivity index (χ3v) is 3.45. The summed E-state index contributed by atoms with van der Waals surface area (Å²) in [5.41, 5.74) is 7.14. The predicted octanol–water partition coefficient (Wildman–Crippen LogP) is 1.86. The fraction of sp³-hybridized carbons (Fsp3) is 0.188. The van der Waals surface area contributed by atoms with E-state index < -0.39 is 10.0 Å². The molecule has 4 N–H and O–H groups in total. The van der Waals surface area contributed by atoms with Gasteiger partial charge in [-0.25, -0.2) is 13.4 Å². The molecule has 0 aliphatic rings. The number of ether oxygens (including phenoxy) is 1. The van der Waals surface area contributed by atoms with Crippen LogP contribution in [0.5, 0.6) is 5.75 Å². The van der Waals surface area contributed by atoms with Crippen molar-refractivity contribution < 1.29 is 13.2 Å². The quantitative estimate of drug-likeness (QED) is 0.402. The number of para-hydroxylation sites is 1. The van der Waals surface area contributed by atoms with Crippen LogP contribution in [0.25, 0.3) is 0 Å². The molecular weight excluding hydrogens is 328 g/mol. The number of nitrogens with two attached hydrogens (primary N) is 1. The third-order valence-electron chi connectivity index (χ3n) is 2.85. The highest BCUT2D eigenvalue weighted by molar-refractivity contribution is 7.92. The van der Waals surface area contributed by atoms with Crippen LogP contribution < -0.4 is 20.5 Å². The number of guanidine groups is 1. The number of aliphatic imine (C=N–C) groups is 1. The van der Waals surface area contributed by atoms with Gasteiger partial charge in [-0.1, -0.05) is 18.2 Å². The van der Waals surface area contributed by atoms with Crippen molar-refractivity contribution in [2.75, 3.05) is 29.4 Å². The van der Waals surface area contributed by atoms with Crippen molar-refractivity contribution in [3.63, 3.8) is 0 Å². The summed E-state index contributed by atoms with van der Waals surface area (Å²) < 4.78 is 30.1. The average Bonchev–Trinajstić information content (AvgIpc) is 2.53. The first-order valence-corrected chi connectivity index (χ1v) is 9.14. The molecule has 8 heteroatoms. The Balaban J connectivity index is 1.76. The Morgan fingerprint density at radius 1 is 1.08 bits per heavy atom. The number of nitrogens with one attached hydrogen (secondary N) is 2. The summed E-state index contributed by atoms with van der Waals surface area (Å²) in [6, 6.07) is 16.1. The first-order valence-electron chi connectivity index (χ1n) is 7.25. The van der Waals surface area contributed by atoms with Gasteiger partial charge in [-0.3, -0.25) is 4.72 Å². The summed E-state index contributed by atoms with van der Waals surface area (Å²) in [7, 11) is -3.28. The van der Waals surface area contributed by atoms with Crippen LogP contribution in [0.2, 0.25) is 0 Å². The van der Waals surface area contributed by atoms with Gasteiger partial charge in [-0.2, -0.15) is 0 Å². The zero-order chi connectivity index (χ0) is 17.4. The molecular formula is C16H20N4O3S. The van der Waals surface area contributed by atoms with Crippen molar-refractivity contribution in [2.24, 2.45) is 10.7 Å². The molecule has 0 aliphatic carbocycles. The number of benzene rings is 2. The van der Waals surface area contributed by atoms with E-state index in [-0.39, 0.29) is 0 Å². The molecule has 0 bridgehead atoms. The van der Waals surface area contributed by atoms with E-state index in [1.807, 2.05) is 30.3 Å². The molecule has 2 aromatic rings. The summed E-state index contributed by atoms with van der Waals surface area (Å²) in [6.45, 7) is 0.755. The maximum absolute atomic E-state index is 11.1. The lowest BCUT2D eigenvalue weighted by Crippen LogP contribution is -2.23. The molecule has 0 saturated heterocycles. The molecule has 0 saturated carbocycles. The maximum Gasteiger partial charge on any atom is 0.229 e. The van der Waals surface area contributed by atoms with Crippen molar-refractivity contribution in [1.29, 1.82) is 0 Å². The van der Waals surface area contributed by atoms with Crippen molar-refractivity contribution in [1.82, 2.24) is 0 Å². The Morgan fingerprint density at radius 3 is 2.38 bits per heavy atom. The zero-order valence-electron chi connectivity index (χ0n) is 13.3. The second kappa shape index (κ2) is 8.21. The van der Waals surface area contributed by atoms with Gasteiger partial charge in [0.25, 0.3) is 0 Å². The van der Waals surface area contributed by atoms with Crippen LogP contribution in [-0.2, 0) is 10.0 Å². The Hall–Kier alpha value is -2.74. The SMILES string of the molecule is CS(=O)(=O)Nc1ccc(OCCN=C(N)Nc2ccccc2)cc1.